The number of unbranched alkanes of at least 4 members (excludes halogenated alkanes) is 11. The molecule has 0 spiro atoms. The Balaban J connectivity index is 3.52. The molecule has 148 valence electrons. The first-order chi connectivity index (χ1) is 11.8. The van der Waals surface area contributed by atoms with Crippen LogP contribution in [0.15, 0.2) is 0 Å². The summed E-state index contributed by atoms with van der Waals surface area (Å²) in [6.07, 6.45) is 13.2. The topological polar surface area (TPSA) is 83.8 Å². The number of Topliss-reactive ketones (excluding diaryl/α,β-unsaturated/α-hetero) is 1. The van der Waals surface area contributed by atoms with Gasteiger partial charge in [-0.05, 0) is 20.3 Å². The van der Waals surface area contributed by atoms with Gasteiger partial charge < -0.3 is 14.9 Å². The van der Waals surface area contributed by atoms with Gasteiger partial charge >= 0.3 is 5.97 Å². The molecule has 0 rings (SSSR count). The molecule has 0 aliphatic rings. The van der Waals surface area contributed by atoms with Gasteiger partial charge in [-0.1, -0.05) is 77.6 Å². The third-order valence-electron chi connectivity index (χ3n) is 4.49. The van der Waals surface area contributed by atoms with Crippen molar-refractivity contribution in [1.82, 2.24) is 0 Å². The molecule has 2 unspecified atom stereocenters. The molecule has 5 heteroatoms. The summed E-state index contributed by atoms with van der Waals surface area (Å²) in [6.45, 7) is 4.71. The summed E-state index contributed by atoms with van der Waals surface area (Å²) in [4.78, 5) is 23.2. The van der Waals surface area contributed by atoms with Gasteiger partial charge in [0.1, 0.15) is 6.10 Å². The number of ether oxygens (including phenoxy) is 1. The van der Waals surface area contributed by atoms with Crippen LogP contribution in [0.5, 0.6) is 0 Å². The van der Waals surface area contributed by atoms with Crippen LogP contribution in [0.1, 0.15) is 97.8 Å². The van der Waals surface area contributed by atoms with Gasteiger partial charge in [0.25, 0.3) is 0 Å². The molecule has 0 saturated carbocycles. The van der Waals surface area contributed by atoms with Gasteiger partial charge in [-0.15, -0.1) is 0 Å². The summed E-state index contributed by atoms with van der Waals surface area (Å²) >= 11 is 0. The average molecular weight is 359 g/mol. The number of aliphatic hydroxyl groups is 2. The monoisotopic (exact) mass is 358 g/mol. The Morgan fingerprint density at radius 3 is 1.68 bits per heavy atom. The SMILES string of the molecule is CCCCCCCCCCCCCCOC(=O)C(C)(O)C(=O)C(C)O. The molecule has 0 saturated heterocycles. The number of hydrogen-bond donors (Lipinski definition) is 2. The largest absolute Gasteiger partial charge is 0.463 e. The van der Waals surface area contributed by atoms with E-state index in [1.807, 2.05) is 0 Å². The lowest BCUT2D eigenvalue weighted by atomic mass is 9.97. The number of aliphatic hydroxyl groups excluding tert-OH is 1. The summed E-state index contributed by atoms with van der Waals surface area (Å²) in [5.41, 5.74) is -2.27. The average Bonchev–Trinajstić information content (AvgIpc) is 2.57. The number of rotatable bonds is 16. The van der Waals surface area contributed by atoms with Gasteiger partial charge in [-0.25, -0.2) is 4.79 Å². The maximum absolute atomic E-state index is 11.7. The molecule has 2 N–H and O–H groups in total. The van der Waals surface area contributed by atoms with Crippen molar-refractivity contribution >= 4 is 11.8 Å². The Kier molecular flexibility index (Phi) is 13.7. The van der Waals surface area contributed by atoms with Gasteiger partial charge in [-0.3, -0.25) is 4.79 Å². The molecule has 0 aromatic heterocycles. The van der Waals surface area contributed by atoms with Crippen LogP contribution in [0.2, 0.25) is 0 Å². The minimum absolute atomic E-state index is 0.194. The summed E-state index contributed by atoms with van der Waals surface area (Å²) in [5.74, 6) is -1.92. The fraction of sp³-hybridized carbons (Fsp3) is 0.900. The van der Waals surface area contributed by atoms with Crippen LogP contribution in [0.3, 0.4) is 0 Å². The van der Waals surface area contributed by atoms with Crippen LogP contribution >= 0.6 is 0 Å². The smallest absolute Gasteiger partial charge is 0.345 e. The molecule has 0 bridgehead atoms. The highest BCUT2D eigenvalue weighted by molar-refractivity contribution is 6.08. The minimum Gasteiger partial charge on any atom is -0.463 e. The predicted molar refractivity (Wildman–Crippen MR) is 99.3 cm³/mol. The van der Waals surface area contributed by atoms with Gasteiger partial charge in [0.15, 0.2) is 0 Å². The zero-order valence-electron chi connectivity index (χ0n) is 16.4. The normalized spacial score (nSPS) is 14.8. The van der Waals surface area contributed by atoms with Crippen molar-refractivity contribution in [2.45, 2.75) is 110 Å². The molecule has 0 heterocycles. The number of carbonyl (C=O) groups excluding carboxylic acids is 2. The van der Waals surface area contributed by atoms with E-state index in [0.29, 0.717) is 0 Å². The Morgan fingerprint density at radius 1 is 0.880 bits per heavy atom. The lowest BCUT2D eigenvalue weighted by molar-refractivity contribution is -0.171. The zero-order valence-corrected chi connectivity index (χ0v) is 16.4. The molecule has 2 atom stereocenters. The zero-order chi connectivity index (χ0) is 19.1. The number of hydrogen-bond acceptors (Lipinski definition) is 5. The first-order valence-corrected chi connectivity index (χ1v) is 9.96. The quantitative estimate of drug-likeness (QED) is 0.248. The molecule has 0 radical (unpaired) electrons. The van der Waals surface area contributed by atoms with E-state index in [4.69, 9.17) is 4.74 Å². The highest BCUT2D eigenvalue weighted by Gasteiger charge is 2.42. The lowest BCUT2D eigenvalue weighted by Gasteiger charge is -2.21. The van der Waals surface area contributed by atoms with Gasteiger partial charge in [0.05, 0.1) is 6.61 Å². The molecular weight excluding hydrogens is 320 g/mol. The highest BCUT2D eigenvalue weighted by atomic mass is 16.6. The van der Waals surface area contributed by atoms with Crippen LogP contribution in [-0.2, 0) is 14.3 Å². The Hall–Kier alpha value is -0.940. The molecule has 0 aliphatic heterocycles. The number of esters is 1. The third-order valence-corrected chi connectivity index (χ3v) is 4.49. The molecule has 5 nitrogen and oxygen atoms in total. The molecule has 0 aromatic rings. The second-order valence-electron chi connectivity index (χ2n) is 7.14. The van der Waals surface area contributed by atoms with Crippen molar-refractivity contribution in [1.29, 1.82) is 0 Å². The second-order valence-corrected chi connectivity index (χ2v) is 7.14. The standard InChI is InChI=1S/C20H38O5/c1-4-5-6-7-8-9-10-11-12-13-14-15-16-25-19(23)20(3,24)18(22)17(2)21/h17,21,24H,4-16H2,1-3H3. The highest BCUT2D eigenvalue weighted by Crippen LogP contribution is 2.13. The molecule has 0 aromatic carbocycles. The Bertz CT molecular complexity index is 363. The molecule has 0 aliphatic carbocycles. The van der Waals surface area contributed by atoms with Gasteiger partial charge in [0.2, 0.25) is 11.4 Å². The number of carbonyl (C=O) groups is 2. The van der Waals surface area contributed by atoms with Crippen molar-refractivity contribution in [3.8, 4) is 0 Å². The van der Waals surface area contributed by atoms with E-state index in [2.05, 4.69) is 6.92 Å². The van der Waals surface area contributed by atoms with E-state index >= 15 is 0 Å². The van der Waals surface area contributed by atoms with Crippen LogP contribution in [0.4, 0.5) is 0 Å². The van der Waals surface area contributed by atoms with Crippen LogP contribution < -0.4 is 0 Å². The molecule has 0 amide bonds. The molecular formula is C20H38O5. The van der Waals surface area contributed by atoms with Crippen LogP contribution in [0, 0.1) is 0 Å². The first-order valence-electron chi connectivity index (χ1n) is 9.96. The van der Waals surface area contributed by atoms with E-state index in [-0.39, 0.29) is 6.61 Å². The van der Waals surface area contributed by atoms with Crippen molar-refractivity contribution in [2.75, 3.05) is 6.61 Å². The minimum atomic E-state index is -2.27. The van der Waals surface area contributed by atoms with E-state index < -0.39 is 23.5 Å². The second kappa shape index (κ2) is 14.3. The van der Waals surface area contributed by atoms with Crippen molar-refractivity contribution < 1.29 is 24.5 Å². The summed E-state index contributed by atoms with van der Waals surface area (Å²) < 4.78 is 4.95. The third kappa shape index (κ3) is 11.3. The van der Waals surface area contributed by atoms with E-state index in [0.717, 1.165) is 26.2 Å². The Labute approximate surface area is 153 Å². The molecule has 25 heavy (non-hydrogen) atoms. The summed E-state index contributed by atoms with van der Waals surface area (Å²) in [5, 5.41) is 19.0. The van der Waals surface area contributed by atoms with Crippen LogP contribution in [0.25, 0.3) is 0 Å². The molecule has 0 fully saturated rings. The summed E-state index contributed by atoms with van der Waals surface area (Å²) in [6, 6.07) is 0. The lowest BCUT2D eigenvalue weighted by Crippen LogP contribution is -2.49. The first kappa shape index (κ1) is 24.1. The van der Waals surface area contributed by atoms with Gasteiger partial charge in [-0.2, -0.15) is 0 Å². The fourth-order valence-electron chi connectivity index (χ4n) is 2.76. The predicted octanol–water partition coefficient (Wildman–Crippen LogP) is 3.93. The summed E-state index contributed by atoms with van der Waals surface area (Å²) in [7, 11) is 0. The van der Waals surface area contributed by atoms with E-state index in [9.17, 15) is 19.8 Å². The Morgan fingerprint density at radius 2 is 1.28 bits per heavy atom. The van der Waals surface area contributed by atoms with E-state index in [1.54, 1.807) is 0 Å². The van der Waals surface area contributed by atoms with Gasteiger partial charge in [0, 0.05) is 0 Å². The maximum atomic E-state index is 11.7. The van der Waals surface area contributed by atoms with Crippen molar-refractivity contribution in [2.24, 2.45) is 0 Å². The number of ketones is 1. The van der Waals surface area contributed by atoms with Crippen molar-refractivity contribution in [3.05, 3.63) is 0 Å². The fourth-order valence-corrected chi connectivity index (χ4v) is 2.76. The maximum Gasteiger partial charge on any atom is 0.345 e. The van der Waals surface area contributed by atoms with E-state index in [1.165, 1.54) is 64.7 Å². The van der Waals surface area contributed by atoms with Crippen molar-refractivity contribution in [3.63, 3.8) is 0 Å². The van der Waals surface area contributed by atoms with Crippen LogP contribution in [-0.4, -0.2) is 40.3 Å².